The molecule has 0 aliphatic carbocycles. The molecule has 1 aromatic carbocycles. The van der Waals surface area contributed by atoms with Gasteiger partial charge in [0.1, 0.15) is 5.52 Å². The molecule has 0 aliphatic rings. The van der Waals surface area contributed by atoms with Crippen molar-refractivity contribution in [3.8, 4) is 11.6 Å². The number of H-pyrrole nitrogens is 1. The lowest BCUT2D eigenvalue weighted by Crippen LogP contribution is -1.87. The van der Waals surface area contributed by atoms with Crippen LogP contribution in [-0.4, -0.2) is 14.9 Å². The van der Waals surface area contributed by atoms with E-state index in [-0.39, 0.29) is 5.82 Å². The minimum absolute atomic E-state index is 0.0812. The summed E-state index contributed by atoms with van der Waals surface area (Å²) in [5.74, 6) is 0.265. The highest BCUT2D eigenvalue weighted by atomic mass is 16.6. The molecule has 3 aromatic rings. The van der Waals surface area contributed by atoms with Crippen LogP contribution in [0.15, 0.2) is 40.8 Å². The van der Waals surface area contributed by atoms with Gasteiger partial charge in [-0.15, -0.1) is 0 Å². The van der Waals surface area contributed by atoms with E-state index in [1.807, 2.05) is 18.2 Å². The number of hydrogen-bond donors (Lipinski definition) is 1. The highest BCUT2D eigenvalue weighted by molar-refractivity contribution is 5.75. The zero-order chi connectivity index (χ0) is 11.8. The molecule has 0 aliphatic heterocycles. The molecule has 0 bridgehead atoms. The van der Waals surface area contributed by atoms with Crippen LogP contribution in [0.25, 0.3) is 22.7 Å². The van der Waals surface area contributed by atoms with E-state index in [1.54, 1.807) is 12.1 Å². The van der Waals surface area contributed by atoms with Gasteiger partial charge in [0.15, 0.2) is 11.3 Å². The third-order valence-corrected chi connectivity index (χ3v) is 2.39. The summed E-state index contributed by atoms with van der Waals surface area (Å²) in [6.45, 7) is 0. The first-order chi connectivity index (χ1) is 8.24. The molecule has 17 heavy (non-hydrogen) atoms. The lowest BCUT2D eigenvalue weighted by Gasteiger charge is -1.87. The second-order valence-corrected chi connectivity index (χ2v) is 3.50. The Kier molecular flexibility index (Phi) is 1.94. The van der Waals surface area contributed by atoms with Gasteiger partial charge in [-0.1, -0.05) is 12.1 Å². The summed E-state index contributed by atoms with van der Waals surface area (Å²) in [5, 5.41) is 10.5. The van der Waals surface area contributed by atoms with Gasteiger partial charge in [-0.05, 0) is 23.1 Å². The van der Waals surface area contributed by atoms with Crippen LogP contribution in [-0.2, 0) is 0 Å². The van der Waals surface area contributed by atoms with Gasteiger partial charge in [-0.25, -0.2) is 9.97 Å². The van der Waals surface area contributed by atoms with Crippen LogP contribution >= 0.6 is 0 Å². The molecule has 3 rings (SSSR count). The lowest BCUT2D eigenvalue weighted by molar-refractivity contribution is -0.389. The first-order valence-corrected chi connectivity index (χ1v) is 4.93. The van der Waals surface area contributed by atoms with Crippen molar-refractivity contribution in [2.24, 2.45) is 0 Å². The molecule has 0 fully saturated rings. The topological polar surface area (TPSA) is 85.0 Å². The van der Waals surface area contributed by atoms with E-state index in [2.05, 4.69) is 9.97 Å². The molecule has 84 valence electrons. The normalized spacial score (nSPS) is 10.8. The Morgan fingerprint density at radius 1 is 1.24 bits per heavy atom. The number of hydrogen-bond acceptors (Lipinski definition) is 4. The number of rotatable bonds is 2. The van der Waals surface area contributed by atoms with Gasteiger partial charge in [0.25, 0.3) is 5.89 Å². The smallest absolute Gasteiger partial charge is 0.321 e. The number of nitro groups is 1. The molecule has 0 atom stereocenters. The number of oxazole rings is 1. The highest BCUT2D eigenvalue weighted by Crippen LogP contribution is 2.24. The SMILES string of the molecule is O=[N+]([O-])c1ccc(-c2nc3ccccc3o2)[nH]1. The van der Waals surface area contributed by atoms with Crippen molar-refractivity contribution >= 4 is 16.9 Å². The molecule has 2 aromatic heterocycles. The standard InChI is InChI=1S/C11H7N3O3/c15-14(16)10-6-5-8(12-10)11-13-7-3-1-2-4-9(7)17-11/h1-6,12H. The van der Waals surface area contributed by atoms with Crippen molar-refractivity contribution in [2.75, 3.05) is 0 Å². The van der Waals surface area contributed by atoms with Crippen LogP contribution in [0.2, 0.25) is 0 Å². The fraction of sp³-hybridized carbons (Fsp3) is 0. The van der Waals surface area contributed by atoms with E-state index in [4.69, 9.17) is 4.42 Å². The lowest BCUT2D eigenvalue weighted by atomic mass is 10.3. The predicted octanol–water partition coefficient (Wildman–Crippen LogP) is 2.73. The molecule has 1 N–H and O–H groups in total. The Balaban J connectivity index is 2.10. The number of benzene rings is 1. The Morgan fingerprint density at radius 2 is 2.06 bits per heavy atom. The minimum Gasteiger partial charge on any atom is -0.433 e. The Hall–Kier alpha value is -2.63. The zero-order valence-electron chi connectivity index (χ0n) is 8.58. The third-order valence-electron chi connectivity index (χ3n) is 2.39. The molecule has 0 saturated carbocycles. The van der Waals surface area contributed by atoms with Crippen molar-refractivity contribution in [3.05, 3.63) is 46.5 Å². The summed E-state index contributed by atoms with van der Waals surface area (Å²) in [4.78, 5) is 16.9. The van der Waals surface area contributed by atoms with E-state index in [0.717, 1.165) is 5.52 Å². The summed E-state index contributed by atoms with van der Waals surface area (Å²) in [6, 6.07) is 10.3. The molecule has 6 nitrogen and oxygen atoms in total. The number of fused-ring (bicyclic) bond motifs is 1. The first kappa shape index (κ1) is 9.59. The maximum atomic E-state index is 10.5. The van der Waals surface area contributed by atoms with Gasteiger partial charge >= 0.3 is 5.82 Å². The quantitative estimate of drug-likeness (QED) is 0.540. The van der Waals surface area contributed by atoms with Gasteiger partial charge in [0, 0.05) is 6.07 Å². The van der Waals surface area contributed by atoms with Gasteiger partial charge in [-0.2, -0.15) is 0 Å². The zero-order valence-corrected chi connectivity index (χ0v) is 8.58. The Labute approximate surface area is 95.0 Å². The number of para-hydroxylation sites is 2. The molecule has 0 radical (unpaired) electrons. The van der Waals surface area contributed by atoms with Crippen LogP contribution in [0, 0.1) is 10.1 Å². The Morgan fingerprint density at radius 3 is 2.76 bits per heavy atom. The molecular formula is C11H7N3O3. The van der Waals surface area contributed by atoms with Gasteiger partial charge in [0.05, 0.1) is 0 Å². The van der Waals surface area contributed by atoms with Crippen LogP contribution in [0.4, 0.5) is 5.82 Å². The molecular weight excluding hydrogens is 222 g/mol. The number of nitrogens with one attached hydrogen (secondary N) is 1. The first-order valence-electron chi connectivity index (χ1n) is 4.93. The van der Waals surface area contributed by atoms with Crippen LogP contribution in [0.5, 0.6) is 0 Å². The van der Waals surface area contributed by atoms with Gasteiger partial charge in [0.2, 0.25) is 0 Å². The van der Waals surface area contributed by atoms with Crippen LogP contribution in [0.3, 0.4) is 0 Å². The Bertz CT molecular complexity index is 666. The van der Waals surface area contributed by atoms with Crippen molar-refractivity contribution in [1.29, 1.82) is 0 Å². The summed E-state index contributed by atoms with van der Waals surface area (Å²) in [5.41, 5.74) is 1.87. The molecule has 2 heterocycles. The summed E-state index contributed by atoms with van der Waals surface area (Å²) >= 11 is 0. The summed E-state index contributed by atoms with van der Waals surface area (Å²) in [7, 11) is 0. The molecule has 0 saturated heterocycles. The van der Waals surface area contributed by atoms with E-state index in [1.165, 1.54) is 6.07 Å². The van der Waals surface area contributed by atoms with Crippen molar-refractivity contribution < 1.29 is 9.34 Å². The maximum absolute atomic E-state index is 10.5. The van der Waals surface area contributed by atoms with Crippen LogP contribution < -0.4 is 0 Å². The predicted molar refractivity (Wildman–Crippen MR) is 60.5 cm³/mol. The molecule has 0 amide bonds. The summed E-state index contributed by atoms with van der Waals surface area (Å²) in [6.07, 6.45) is 0. The van der Waals surface area contributed by atoms with E-state index >= 15 is 0 Å². The van der Waals surface area contributed by atoms with Gasteiger partial charge in [-0.3, -0.25) is 0 Å². The number of aromatic nitrogens is 2. The second-order valence-electron chi connectivity index (χ2n) is 3.50. The molecule has 0 spiro atoms. The average Bonchev–Trinajstić information content (AvgIpc) is 2.95. The summed E-state index contributed by atoms with van der Waals surface area (Å²) < 4.78 is 5.48. The number of nitrogens with zero attached hydrogens (tertiary/aromatic N) is 2. The molecule has 0 unspecified atom stereocenters. The van der Waals surface area contributed by atoms with Crippen molar-refractivity contribution in [3.63, 3.8) is 0 Å². The van der Waals surface area contributed by atoms with Crippen molar-refractivity contribution in [1.82, 2.24) is 9.97 Å². The van der Waals surface area contributed by atoms with Crippen molar-refractivity contribution in [2.45, 2.75) is 0 Å². The maximum Gasteiger partial charge on any atom is 0.321 e. The largest absolute Gasteiger partial charge is 0.433 e. The van der Waals surface area contributed by atoms with Crippen LogP contribution in [0.1, 0.15) is 0 Å². The monoisotopic (exact) mass is 229 g/mol. The minimum atomic E-state index is -0.494. The van der Waals surface area contributed by atoms with E-state index in [0.29, 0.717) is 17.2 Å². The third kappa shape index (κ3) is 1.55. The van der Waals surface area contributed by atoms with Gasteiger partial charge < -0.3 is 14.5 Å². The highest BCUT2D eigenvalue weighted by Gasteiger charge is 2.15. The van der Waals surface area contributed by atoms with E-state index in [9.17, 15) is 10.1 Å². The molecule has 6 heteroatoms. The van der Waals surface area contributed by atoms with E-state index < -0.39 is 4.92 Å². The second kappa shape index (κ2) is 3.44. The number of aromatic amines is 1. The average molecular weight is 229 g/mol. The fourth-order valence-electron chi connectivity index (χ4n) is 1.60. The fourth-order valence-corrected chi connectivity index (χ4v) is 1.60.